The Kier molecular flexibility index (Phi) is 11.7. The molecular weight excluding hydrogens is 679 g/mol. The summed E-state index contributed by atoms with van der Waals surface area (Å²) in [6.45, 7) is 3.68. The van der Waals surface area contributed by atoms with Gasteiger partial charge in [0, 0.05) is 12.3 Å². The summed E-state index contributed by atoms with van der Waals surface area (Å²) >= 11 is 0. The number of hydrogen-bond acceptors (Lipinski definition) is 11. The number of methoxy groups -OCH3 is 1. The molecular formula is C33H29F5N2O10. The van der Waals surface area contributed by atoms with Gasteiger partial charge in [0.25, 0.3) is 5.91 Å². The second-order valence-electron chi connectivity index (χ2n) is 11.2. The van der Waals surface area contributed by atoms with Crippen molar-refractivity contribution in [3.63, 3.8) is 0 Å². The summed E-state index contributed by atoms with van der Waals surface area (Å²) in [5.74, 6) is -21.8. The van der Waals surface area contributed by atoms with E-state index in [2.05, 4.69) is 10.3 Å². The Morgan fingerprint density at radius 3 is 2.16 bits per heavy atom. The number of nitrogens with one attached hydrogen (secondary N) is 1. The predicted octanol–water partition coefficient (Wildman–Crippen LogP) is 4.02. The van der Waals surface area contributed by atoms with Gasteiger partial charge in [0.1, 0.15) is 24.2 Å². The molecule has 2 heterocycles. The normalized spacial score (nSPS) is 19.3. The number of carbonyl (C=O) groups is 5. The summed E-state index contributed by atoms with van der Waals surface area (Å²) in [5, 5.41) is 2.19. The van der Waals surface area contributed by atoms with Gasteiger partial charge in [0.05, 0.1) is 13.0 Å². The number of rotatable bonds is 9. The van der Waals surface area contributed by atoms with Crippen molar-refractivity contribution in [3.8, 4) is 11.5 Å². The Hall–Kier alpha value is -5.61. The Labute approximate surface area is 280 Å². The minimum absolute atomic E-state index is 0.0140. The number of pyridine rings is 1. The molecule has 1 amide bonds. The van der Waals surface area contributed by atoms with Crippen LogP contribution in [-0.4, -0.2) is 66.7 Å². The van der Waals surface area contributed by atoms with E-state index in [0.717, 1.165) is 19.4 Å². The fraction of sp³-hybridized carbons (Fsp3) is 0.333. The molecule has 2 aromatic carbocycles. The van der Waals surface area contributed by atoms with Gasteiger partial charge >= 0.3 is 23.9 Å². The molecule has 0 aliphatic carbocycles. The zero-order valence-corrected chi connectivity index (χ0v) is 26.8. The standard InChI is InChI=1S/C33H29F5N2O10/c1-14(2)30(42)49-27-15(3)48-32(44)18(13-47-31(43)17(27)12-16-8-6-5-7-9-16)40-29(41)26-28(19(46-4)10-11-39-26)50-33(45)20-21(34)23(36)25(38)24(37)22(20)35/h5-11,14-15,17-18,27H,12-13H2,1-4H3,(H,40,41). The van der Waals surface area contributed by atoms with E-state index in [9.17, 15) is 45.9 Å². The number of halogens is 5. The lowest BCUT2D eigenvalue weighted by Crippen LogP contribution is -2.47. The summed E-state index contributed by atoms with van der Waals surface area (Å²) in [6, 6.07) is 7.92. The first-order valence-corrected chi connectivity index (χ1v) is 14.8. The van der Waals surface area contributed by atoms with E-state index in [1.54, 1.807) is 44.2 Å². The van der Waals surface area contributed by atoms with E-state index in [1.807, 2.05) is 0 Å². The lowest BCUT2D eigenvalue weighted by molar-refractivity contribution is -0.176. The average Bonchev–Trinajstić information content (AvgIpc) is 3.12. The highest BCUT2D eigenvalue weighted by atomic mass is 19.2. The zero-order valence-electron chi connectivity index (χ0n) is 26.8. The molecule has 1 aromatic heterocycles. The van der Waals surface area contributed by atoms with Crippen LogP contribution in [0.15, 0.2) is 42.6 Å². The summed E-state index contributed by atoms with van der Waals surface area (Å²) in [6.07, 6.45) is -1.59. The molecule has 0 spiro atoms. The number of aromatic nitrogens is 1. The number of amides is 1. The predicted molar refractivity (Wildman–Crippen MR) is 158 cm³/mol. The van der Waals surface area contributed by atoms with E-state index < -0.39 is 118 Å². The minimum Gasteiger partial charge on any atom is -0.493 e. The van der Waals surface area contributed by atoms with E-state index >= 15 is 0 Å². The lowest BCUT2D eigenvalue weighted by Gasteiger charge is -2.29. The molecule has 0 bridgehead atoms. The van der Waals surface area contributed by atoms with Crippen molar-refractivity contribution >= 4 is 29.8 Å². The summed E-state index contributed by atoms with van der Waals surface area (Å²) < 4.78 is 96.1. The van der Waals surface area contributed by atoms with Crippen LogP contribution in [0.2, 0.25) is 0 Å². The van der Waals surface area contributed by atoms with Crippen LogP contribution in [0.1, 0.15) is 47.2 Å². The Morgan fingerprint density at radius 2 is 1.56 bits per heavy atom. The van der Waals surface area contributed by atoms with E-state index in [4.69, 9.17) is 23.7 Å². The van der Waals surface area contributed by atoms with Gasteiger partial charge in [0.15, 0.2) is 46.9 Å². The van der Waals surface area contributed by atoms with Gasteiger partial charge in [-0.1, -0.05) is 44.2 Å². The molecule has 17 heteroatoms. The smallest absolute Gasteiger partial charge is 0.349 e. The van der Waals surface area contributed by atoms with Crippen LogP contribution in [0.5, 0.6) is 11.5 Å². The molecule has 4 rings (SSSR count). The van der Waals surface area contributed by atoms with E-state index in [1.165, 1.54) is 6.92 Å². The van der Waals surface area contributed by atoms with Crippen LogP contribution < -0.4 is 14.8 Å². The van der Waals surface area contributed by atoms with Gasteiger partial charge in [0.2, 0.25) is 11.6 Å². The molecule has 3 aromatic rings. The first kappa shape index (κ1) is 37.2. The number of carbonyl (C=O) groups excluding carboxylic acids is 5. The first-order valence-electron chi connectivity index (χ1n) is 14.8. The molecule has 0 radical (unpaired) electrons. The van der Waals surface area contributed by atoms with Crippen molar-refractivity contribution in [1.29, 1.82) is 0 Å². The lowest BCUT2D eigenvalue weighted by atomic mass is 9.91. The first-order chi connectivity index (χ1) is 23.7. The van der Waals surface area contributed by atoms with Crippen molar-refractivity contribution in [2.75, 3.05) is 13.7 Å². The fourth-order valence-electron chi connectivity index (χ4n) is 4.76. The quantitative estimate of drug-likeness (QED) is 0.113. The van der Waals surface area contributed by atoms with Crippen LogP contribution in [0.3, 0.4) is 0 Å². The number of nitrogens with zero attached hydrogens (tertiary/aromatic N) is 1. The monoisotopic (exact) mass is 708 g/mol. The van der Waals surface area contributed by atoms with Gasteiger partial charge in [-0.15, -0.1) is 0 Å². The molecule has 4 unspecified atom stereocenters. The van der Waals surface area contributed by atoms with Gasteiger partial charge < -0.3 is 29.0 Å². The maximum absolute atomic E-state index is 14.3. The molecule has 50 heavy (non-hydrogen) atoms. The SMILES string of the molecule is COc1ccnc(C(=O)NC2COC(=O)C(Cc3ccccc3)C(OC(=O)C(C)C)C(C)OC2=O)c1OC(=O)c1c(F)c(F)c(F)c(F)c1F. The third-order valence-electron chi connectivity index (χ3n) is 7.38. The van der Waals surface area contributed by atoms with Crippen molar-refractivity contribution in [3.05, 3.63) is 88.5 Å². The minimum atomic E-state index is -2.52. The summed E-state index contributed by atoms with van der Waals surface area (Å²) in [5.41, 5.74) is -2.17. The second kappa shape index (κ2) is 15.7. The molecule has 12 nitrogen and oxygen atoms in total. The molecule has 4 atom stereocenters. The Morgan fingerprint density at radius 1 is 0.940 bits per heavy atom. The second-order valence-corrected chi connectivity index (χ2v) is 11.2. The van der Waals surface area contributed by atoms with Gasteiger partial charge in [-0.2, -0.15) is 0 Å². The van der Waals surface area contributed by atoms with Crippen LogP contribution in [0.4, 0.5) is 22.0 Å². The number of hydrogen-bond donors (Lipinski definition) is 1. The third-order valence-corrected chi connectivity index (χ3v) is 7.38. The van der Waals surface area contributed by atoms with Crippen LogP contribution in [-0.2, 0) is 35.0 Å². The maximum atomic E-state index is 14.3. The zero-order chi connectivity index (χ0) is 36.9. The van der Waals surface area contributed by atoms with Crippen molar-refractivity contribution in [2.24, 2.45) is 11.8 Å². The summed E-state index contributed by atoms with van der Waals surface area (Å²) in [7, 11) is 1.03. The van der Waals surface area contributed by atoms with Crippen LogP contribution >= 0.6 is 0 Å². The number of benzene rings is 2. The van der Waals surface area contributed by atoms with E-state index in [-0.39, 0.29) is 6.42 Å². The molecule has 1 aliphatic heterocycles. The maximum Gasteiger partial charge on any atom is 0.349 e. The van der Waals surface area contributed by atoms with Crippen LogP contribution in [0.25, 0.3) is 0 Å². The Bertz CT molecular complexity index is 1780. The fourth-order valence-corrected chi connectivity index (χ4v) is 4.76. The topological polar surface area (TPSA) is 156 Å². The Balaban J connectivity index is 1.64. The molecule has 1 fully saturated rings. The van der Waals surface area contributed by atoms with Crippen molar-refractivity contribution < 1.29 is 69.6 Å². The molecule has 266 valence electrons. The molecule has 1 saturated heterocycles. The van der Waals surface area contributed by atoms with Crippen LogP contribution in [0, 0.1) is 40.9 Å². The average molecular weight is 709 g/mol. The largest absolute Gasteiger partial charge is 0.493 e. The van der Waals surface area contributed by atoms with Gasteiger partial charge in [-0.25, -0.2) is 36.5 Å². The highest BCUT2D eigenvalue weighted by molar-refractivity contribution is 6.00. The van der Waals surface area contributed by atoms with E-state index in [0.29, 0.717) is 5.56 Å². The summed E-state index contributed by atoms with van der Waals surface area (Å²) in [4.78, 5) is 69.2. The highest BCUT2D eigenvalue weighted by Crippen LogP contribution is 2.32. The van der Waals surface area contributed by atoms with Crippen molar-refractivity contribution in [1.82, 2.24) is 10.3 Å². The van der Waals surface area contributed by atoms with Gasteiger partial charge in [-0.05, 0) is 18.9 Å². The van der Waals surface area contributed by atoms with Gasteiger partial charge in [-0.3, -0.25) is 14.4 Å². The highest BCUT2D eigenvalue weighted by Gasteiger charge is 2.42. The molecule has 1 N–H and O–H groups in total. The molecule has 1 aliphatic rings. The number of cyclic esters (lactones) is 2. The number of esters is 4. The molecule has 0 saturated carbocycles. The van der Waals surface area contributed by atoms with Crippen molar-refractivity contribution in [2.45, 2.75) is 45.4 Å². The third kappa shape index (κ3) is 7.98. The number of ether oxygens (including phenoxy) is 5.